The second-order valence-electron chi connectivity index (χ2n) is 6.07. The van der Waals surface area contributed by atoms with E-state index in [2.05, 4.69) is 4.90 Å². The first kappa shape index (κ1) is 12.5. The van der Waals surface area contributed by atoms with Crippen LogP contribution in [0.3, 0.4) is 0 Å². The summed E-state index contributed by atoms with van der Waals surface area (Å²) in [7, 11) is 0. The molecule has 2 aliphatic rings. The molecule has 2 fully saturated rings. The monoisotopic (exact) mass is 259 g/mol. The van der Waals surface area contributed by atoms with Crippen LogP contribution in [0.5, 0.6) is 0 Å². The second-order valence-corrected chi connectivity index (χ2v) is 6.07. The normalized spacial score (nSPS) is 18.4. The van der Waals surface area contributed by atoms with Gasteiger partial charge >= 0.3 is 5.97 Å². The van der Waals surface area contributed by atoms with Crippen molar-refractivity contribution < 1.29 is 9.90 Å². The highest BCUT2D eigenvalue weighted by atomic mass is 16.4. The zero-order valence-corrected chi connectivity index (χ0v) is 11.4. The number of carboxylic acids is 1. The number of para-hydroxylation sites is 1. The quantitative estimate of drug-likeness (QED) is 0.852. The van der Waals surface area contributed by atoms with Crippen LogP contribution in [0.1, 0.15) is 41.6 Å². The van der Waals surface area contributed by atoms with Crippen molar-refractivity contribution in [1.29, 1.82) is 0 Å². The highest BCUT2D eigenvalue weighted by Gasteiger charge is 2.31. The molecule has 0 unspecified atom stereocenters. The third-order valence-corrected chi connectivity index (χ3v) is 4.14. The van der Waals surface area contributed by atoms with Crippen LogP contribution in [0.4, 0.5) is 5.69 Å². The lowest BCUT2D eigenvalue weighted by Crippen LogP contribution is -2.30. The van der Waals surface area contributed by atoms with Gasteiger partial charge in [-0.2, -0.15) is 0 Å². The minimum Gasteiger partial charge on any atom is -0.478 e. The fraction of sp³-hybridized carbons (Fsp3) is 0.562. The molecule has 0 radical (unpaired) electrons. The van der Waals surface area contributed by atoms with Crippen molar-refractivity contribution in [3.8, 4) is 0 Å². The SMILES string of the molecule is Cc1cccc(C(=O)O)c1N(CC1CC1)CC1CC1. The molecule has 3 nitrogen and oxygen atoms in total. The molecular formula is C16H21NO2. The Morgan fingerprint density at radius 1 is 1.21 bits per heavy atom. The number of nitrogens with zero attached hydrogens (tertiary/aromatic N) is 1. The lowest BCUT2D eigenvalue weighted by Gasteiger charge is -2.28. The van der Waals surface area contributed by atoms with Crippen LogP contribution in [0.25, 0.3) is 0 Å². The van der Waals surface area contributed by atoms with E-state index in [-0.39, 0.29) is 0 Å². The number of rotatable bonds is 6. The average Bonchev–Trinajstić information content (AvgIpc) is 3.23. The largest absolute Gasteiger partial charge is 0.478 e. The van der Waals surface area contributed by atoms with Crippen molar-refractivity contribution >= 4 is 11.7 Å². The standard InChI is InChI=1S/C16H21NO2/c1-11-3-2-4-14(16(18)19)15(11)17(9-12-5-6-12)10-13-7-8-13/h2-4,12-13H,5-10H2,1H3,(H,18,19). The summed E-state index contributed by atoms with van der Waals surface area (Å²) < 4.78 is 0. The summed E-state index contributed by atoms with van der Waals surface area (Å²) in [6.07, 6.45) is 5.20. The molecule has 102 valence electrons. The summed E-state index contributed by atoms with van der Waals surface area (Å²) in [5, 5.41) is 9.41. The van der Waals surface area contributed by atoms with Gasteiger partial charge in [-0.05, 0) is 56.1 Å². The van der Waals surface area contributed by atoms with Crippen molar-refractivity contribution in [2.24, 2.45) is 11.8 Å². The molecule has 0 amide bonds. The molecule has 3 heteroatoms. The van der Waals surface area contributed by atoms with Gasteiger partial charge in [0, 0.05) is 13.1 Å². The molecule has 1 aromatic carbocycles. The smallest absolute Gasteiger partial charge is 0.337 e. The molecule has 2 saturated carbocycles. The number of aromatic carboxylic acids is 1. The van der Waals surface area contributed by atoms with E-state index in [1.54, 1.807) is 6.07 Å². The topological polar surface area (TPSA) is 40.5 Å². The highest BCUT2D eigenvalue weighted by Crippen LogP contribution is 2.37. The first-order chi connectivity index (χ1) is 9.15. The lowest BCUT2D eigenvalue weighted by molar-refractivity contribution is 0.0697. The molecule has 0 aromatic heterocycles. The Labute approximate surface area is 114 Å². The van der Waals surface area contributed by atoms with Gasteiger partial charge in [-0.3, -0.25) is 0 Å². The van der Waals surface area contributed by atoms with E-state index in [9.17, 15) is 9.90 Å². The van der Waals surface area contributed by atoms with Gasteiger partial charge in [0.1, 0.15) is 0 Å². The first-order valence-electron chi connectivity index (χ1n) is 7.23. The van der Waals surface area contributed by atoms with Crippen LogP contribution in [0.2, 0.25) is 0 Å². The zero-order chi connectivity index (χ0) is 13.4. The van der Waals surface area contributed by atoms with Crippen molar-refractivity contribution in [3.05, 3.63) is 29.3 Å². The van der Waals surface area contributed by atoms with Crippen molar-refractivity contribution in [2.45, 2.75) is 32.6 Å². The van der Waals surface area contributed by atoms with E-state index in [0.717, 1.165) is 36.2 Å². The predicted molar refractivity (Wildman–Crippen MR) is 75.8 cm³/mol. The summed E-state index contributed by atoms with van der Waals surface area (Å²) in [4.78, 5) is 13.8. The van der Waals surface area contributed by atoms with E-state index in [0.29, 0.717) is 5.56 Å². The fourth-order valence-corrected chi connectivity index (χ4v) is 2.73. The van der Waals surface area contributed by atoms with E-state index in [1.165, 1.54) is 25.7 Å². The molecular weight excluding hydrogens is 238 g/mol. The van der Waals surface area contributed by atoms with E-state index >= 15 is 0 Å². The Balaban J connectivity index is 1.92. The van der Waals surface area contributed by atoms with Crippen LogP contribution >= 0.6 is 0 Å². The van der Waals surface area contributed by atoms with Crippen LogP contribution < -0.4 is 4.90 Å². The maximum Gasteiger partial charge on any atom is 0.337 e. The van der Waals surface area contributed by atoms with Gasteiger partial charge in [-0.1, -0.05) is 12.1 Å². The molecule has 19 heavy (non-hydrogen) atoms. The summed E-state index contributed by atoms with van der Waals surface area (Å²) in [5.41, 5.74) is 2.50. The molecule has 3 rings (SSSR count). The zero-order valence-electron chi connectivity index (χ0n) is 11.4. The Hall–Kier alpha value is -1.51. The fourth-order valence-electron chi connectivity index (χ4n) is 2.73. The molecule has 0 bridgehead atoms. The number of hydrogen-bond donors (Lipinski definition) is 1. The van der Waals surface area contributed by atoms with Crippen LogP contribution in [0.15, 0.2) is 18.2 Å². The Morgan fingerprint density at radius 2 is 1.79 bits per heavy atom. The Morgan fingerprint density at radius 3 is 2.26 bits per heavy atom. The number of carbonyl (C=O) groups is 1. The number of aryl methyl sites for hydroxylation is 1. The van der Waals surface area contributed by atoms with E-state index in [1.807, 2.05) is 19.1 Å². The summed E-state index contributed by atoms with van der Waals surface area (Å²) in [6, 6.07) is 5.60. The van der Waals surface area contributed by atoms with Gasteiger partial charge in [-0.25, -0.2) is 4.79 Å². The van der Waals surface area contributed by atoms with Gasteiger partial charge in [-0.15, -0.1) is 0 Å². The summed E-state index contributed by atoms with van der Waals surface area (Å²) in [6.45, 7) is 4.08. The second kappa shape index (κ2) is 4.87. The van der Waals surface area contributed by atoms with Crippen LogP contribution in [0, 0.1) is 18.8 Å². The highest BCUT2D eigenvalue weighted by molar-refractivity contribution is 5.95. The number of carboxylic acid groups (broad SMARTS) is 1. The van der Waals surface area contributed by atoms with Crippen LogP contribution in [-0.2, 0) is 0 Å². The minimum absolute atomic E-state index is 0.460. The van der Waals surface area contributed by atoms with Gasteiger partial charge in [0.25, 0.3) is 0 Å². The third kappa shape index (κ3) is 2.91. The average molecular weight is 259 g/mol. The molecule has 0 atom stereocenters. The molecule has 1 aromatic rings. The minimum atomic E-state index is -0.810. The first-order valence-corrected chi connectivity index (χ1v) is 7.23. The van der Waals surface area contributed by atoms with Gasteiger partial charge in [0.2, 0.25) is 0 Å². The van der Waals surface area contributed by atoms with Crippen LogP contribution in [-0.4, -0.2) is 24.2 Å². The maximum absolute atomic E-state index is 11.5. The molecule has 0 spiro atoms. The van der Waals surface area contributed by atoms with E-state index in [4.69, 9.17) is 0 Å². The van der Waals surface area contributed by atoms with Gasteiger partial charge in [0.15, 0.2) is 0 Å². The molecule has 0 saturated heterocycles. The van der Waals surface area contributed by atoms with Crippen molar-refractivity contribution in [1.82, 2.24) is 0 Å². The Kier molecular flexibility index (Phi) is 3.21. The summed E-state index contributed by atoms with van der Waals surface area (Å²) >= 11 is 0. The molecule has 2 aliphatic carbocycles. The third-order valence-electron chi connectivity index (χ3n) is 4.14. The summed E-state index contributed by atoms with van der Waals surface area (Å²) in [5.74, 6) is 0.746. The molecule has 1 N–H and O–H groups in total. The van der Waals surface area contributed by atoms with Gasteiger partial charge in [0.05, 0.1) is 11.3 Å². The predicted octanol–water partition coefficient (Wildman–Crippen LogP) is 3.32. The Bertz CT molecular complexity index is 476. The number of anilines is 1. The van der Waals surface area contributed by atoms with Gasteiger partial charge < -0.3 is 10.0 Å². The van der Waals surface area contributed by atoms with E-state index < -0.39 is 5.97 Å². The number of hydrogen-bond acceptors (Lipinski definition) is 2. The maximum atomic E-state index is 11.5. The van der Waals surface area contributed by atoms with Crippen molar-refractivity contribution in [2.75, 3.05) is 18.0 Å². The lowest BCUT2D eigenvalue weighted by atomic mass is 10.1. The molecule has 0 heterocycles. The van der Waals surface area contributed by atoms with Crippen molar-refractivity contribution in [3.63, 3.8) is 0 Å². The number of benzene rings is 1. The molecule has 0 aliphatic heterocycles.